The van der Waals surface area contributed by atoms with Crippen molar-refractivity contribution < 1.29 is 9.50 Å². The SMILES string of the molecule is CN(C)Cc1ccn2c(-c3ccnc(NCC(C)(C)O)n3)c(-c3ccc(F)cc3)nc2c1. The molecule has 3 heterocycles. The van der Waals surface area contributed by atoms with Crippen LogP contribution in [0.25, 0.3) is 28.3 Å². The lowest BCUT2D eigenvalue weighted by atomic mass is 10.1. The lowest BCUT2D eigenvalue weighted by molar-refractivity contribution is 0.0943. The molecule has 4 aromatic rings. The van der Waals surface area contributed by atoms with Crippen LogP contribution in [0.15, 0.2) is 54.9 Å². The average molecular weight is 435 g/mol. The minimum Gasteiger partial charge on any atom is -0.389 e. The van der Waals surface area contributed by atoms with Gasteiger partial charge in [0.25, 0.3) is 0 Å². The molecule has 0 aliphatic heterocycles. The number of nitrogens with zero attached hydrogens (tertiary/aromatic N) is 5. The summed E-state index contributed by atoms with van der Waals surface area (Å²) in [4.78, 5) is 15.9. The molecule has 0 bridgehead atoms. The Kier molecular flexibility index (Phi) is 5.90. The van der Waals surface area contributed by atoms with E-state index < -0.39 is 5.60 Å². The molecule has 8 heteroatoms. The van der Waals surface area contributed by atoms with Crippen molar-refractivity contribution >= 4 is 11.6 Å². The number of benzene rings is 1. The van der Waals surface area contributed by atoms with Gasteiger partial charge in [-0.15, -0.1) is 0 Å². The van der Waals surface area contributed by atoms with Crippen LogP contribution in [-0.4, -0.2) is 55.6 Å². The van der Waals surface area contributed by atoms with Crippen molar-refractivity contribution in [3.8, 4) is 22.6 Å². The van der Waals surface area contributed by atoms with Gasteiger partial charge in [0.2, 0.25) is 5.95 Å². The molecule has 0 saturated carbocycles. The first kappa shape index (κ1) is 21.9. The summed E-state index contributed by atoms with van der Waals surface area (Å²) in [5.74, 6) is 0.112. The van der Waals surface area contributed by atoms with E-state index in [1.807, 2.05) is 36.8 Å². The first-order chi connectivity index (χ1) is 15.2. The lowest BCUT2D eigenvalue weighted by Crippen LogP contribution is -2.29. The maximum absolute atomic E-state index is 13.6. The average Bonchev–Trinajstić information content (AvgIpc) is 3.11. The number of imidazole rings is 1. The predicted molar refractivity (Wildman–Crippen MR) is 124 cm³/mol. The molecule has 0 atom stereocenters. The number of anilines is 1. The van der Waals surface area contributed by atoms with Gasteiger partial charge in [-0.2, -0.15) is 0 Å². The molecule has 166 valence electrons. The smallest absolute Gasteiger partial charge is 0.223 e. The number of fused-ring (bicyclic) bond motifs is 1. The fraction of sp³-hybridized carbons (Fsp3) is 0.292. The number of pyridine rings is 1. The minimum absolute atomic E-state index is 0.299. The van der Waals surface area contributed by atoms with Gasteiger partial charge >= 0.3 is 0 Å². The van der Waals surface area contributed by atoms with E-state index in [1.54, 1.807) is 32.2 Å². The first-order valence-electron chi connectivity index (χ1n) is 10.4. The van der Waals surface area contributed by atoms with E-state index in [4.69, 9.17) is 4.98 Å². The number of rotatable bonds is 7. The molecular formula is C24H27FN6O. The van der Waals surface area contributed by atoms with E-state index >= 15 is 0 Å². The number of nitrogens with one attached hydrogen (secondary N) is 1. The topological polar surface area (TPSA) is 78.6 Å². The summed E-state index contributed by atoms with van der Waals surface area (Å²) in [5.41, 5.74) is 3.98. The van der Waals surface area contributed by atoms with Crippen molar-refractivity contribution in [1.29, 1.82) is 0 Å². The first-order valence-corrected chi connectivity index (χ1v) is 10.4. The van der Waals surface area contributed by atoms with Gasteiger partial charge in [0.15, 0.2) is 0 Å². The lowest BCUT2D eigenvalue weighted by Gasteiger charge is -2.17. The summed E-state index contributed by atoms with van der Waals surface area (Å²) >= 11 is 0. The molecule has 0 radical (unpaired) electrons. The molecule has 0 aliphatic carbocycles. The molecule has 2 N–H and O–H groups in total. The summed E-state index contributed by atoms with van der Waals surface area (Å²) in [6.07, 6.45) is 3.65. The van der Waals surface area contributed by atoms with E-state index in [1.165, 1.54) is 12.1 Å². The van der Waals surface area contributed by atoms with Gasteiger partial charge in [-0.1, -0.05) is 0 Å². The quantitative estimate of drug-likeness (QED) is 0.460. The Labute approximate surface area is 186 Å². The zero-order valence-corrected chi connectivity index (χ0v) is 18.7. The van der Waals surface area contributed by atoms with Gasteiger partial charge in [-0.3, -0.25) is 4.40 Å². The molecule has 0 spiro atoms. The molecule has 3 aromatic heterocycles. The summed E-state index contributed by atoms with van der Waals surface area (Å²) in [7, 11) is 4.04. The van der Waals surface area contributed by atoms with Crippen molar-refractivity contribution in [1.82, 2.24) is 24.3 Å². The van der Waals surface area contributed by atoms with Crippen molar-refractivity contribution in [3.63, 3.8) is 0 Å². The van der Waals surface area contributed by atoms with Crippen LogP contribution in [0.2, 0.25) is 0 Å². The van der Waals surface area contributed by atoms with Gasteiger partial charge in [0.1, 0.15) is 11.5 Å². The van der Waals surface area contributed by atoms with E-state index in [0.717, 1.165) is 29.0 Å². The highest BCUT2D eigenvalue weighted by Gasteiger charge is 2.19. The molecule has 0 saturated heterocycles. The molecule has 0 fully saturated rings. The number of hydrogen-bond acceptors (Lipinski definition) is 6. The van der Waals surface area contributed by atoms with E-state index in [2.05, 4.69) is 26.3 Å². The van der Waals surface area contributed by atoms with Crippen LogP contribution < -0.4 is 5.32 Å². The summed E-state index contributed by atoms with van der Waals surface area (Å²) < 4.78 is 15.5. The van der Waals surface area contributed by atoms with Gasteiger partial charge in [0.05, 0.1) is 22.7 Å². The van der Waals surface area contributed by atoms with E-state index in [9.17, 15) is 9.50 Å². The minimum atomic E-state index is -0.898. The van der Waals surface area contributed by atoms with Crippen molar-refractivity contribution in [2.45, 2.75) is 26.0 Å². The molecule has 1 aromatic carbocycles. The zero-order valence-electron chi connectivity index (χ0n) is 18.7. The van der Waals surface area contributed by atoms with Crippen LogP contribution in [0, 0.1) is 5.82 Å². The normalized spacial score (nSPS) is 12.0. The fourth-order valence-corrected chi connectivity index (χ4v) is 3.48. The second-order valence-electron chi connectivity index (χ2n) is 8.75. The highest BCUT2D eigenvalue weighted by atomic mass is 19.1. The molecule has 0 amide bonds. The second-order valence-corrected chi connectivity index (χ2v) is 8.75. The van der Waals surface area contributed by atoms with Crippen LogP contribution in [0.3, 0.4) is 0 Å². The van der Waals surface area contributed by atoms with Crippen LogP contribution in [0.1, 0.15) is 19.4 Å². The van der Waals surface area contributed by atoms with Gasteiger partial charge in [-0.25, -0.2) is 19.3 Å². The number of hydrogen-bond donors (Lipinski definition) is 2. The Morgan fingerprint density at radius 1 is 1.09 bits per heavy atom. The summed E-state index contributed by atoms with van der Waals surface area (Å²) in [6, 6.07) is 12.2. The molecule has 0 unspecified atom stereocenters. The van der Waals surface area contributed by atoms with Gasteiger partial charge in [-0.05, 0) is 76.0 Å². The third-order valence-corrected chi connectivity index (χ3v) is 4.88. The van der Waals surface area contributed by atoms with E-state index in [0.29, 0.717) is 23.9 Å². The van der Waals surface area contributed by atoms with Crippen molar-refractivity contribution in [3.05, 3.63) is 66.2 Å². The fourth-order valence-electron chi connectivity index (χ4n) is 3.48. The van der Waals surface area contributed by atoms with Crippen LogP contribution in [0.4, 0.5) is 10.3 Å². The Morgan fingerprint density at radius 2 is 1.84 bits per heavy atom. The summed E-state index contributed by atoms with van der Waals surface area (Å²) in [6.45, 7) is 4.53. The molecule has 4 rings (SSSR count). The maximum atomic E-state index is 13.6. The molecular weight excluding hydrogens is 407 g/mol. The second kappa shape index (κ2) is 8.64. The zero-order chi connectivity index (χ0) is 22.9. The van der Waals surface area contributed by atoms with Crippen molar-refractivity contribution in [2.75, 3.05) is 26.0 Å². The Bertz CT molecular complexity index is 1230. The highest BCUT2D eigenvalue weighted by molar-refractivity contribution is 5.80. The van der Waals surface area contributed by atoms with Crippen LogP contribution in [-0.2, 0) is 6.54 Å². The van der Waals surface area contributed by atoms with Gasteiger partial charge in [0, 0.05) is 31.0 Å². The standard InChI is InChI=1S/C24H27FN6O/c1-24(2,32)15-27-23-26-11-9-19(28-23)22-21(17-5-7-18(25)8-6-17)29-20-13-16(14-30(3)4)10-12-31(20)22/h5-13,32H,14-15H2,1-4H3,(H,26,27,28). The largest absolute Gasteiger partial charge is 0.389 e. The van der Waals surface area contributed by atoms with Crippen LogP contribution in [0.5, 0.6) is 0 Å². The maximum Gasteiger partial charge on any atom is 0.223 e. The molecule has 32 heavy (non-hydrogen) atoms. The molecule has 7 nitrogen and oxygen atoms in total. The summed E-state index contributed by atoms with van der Waals surface area (Å²) in [5, 5.41) is 13.1. The Hall–Kier alpha value is -3.36. The van der Waals surface area contributed by atoms with E-state index in [-0.39, 0.29) is 5.82 Å². The third-order valence-electron chi connectivity index (χ3n) is 4.88. The monoisotopic (exact) mass is 434 g/mol. The van der Waals surface area contributed by atoms with Crippen LogP contribution >= 0.6 is 0 Å². The number of aromatic nitrogens is 4. The highest BCUT2D eigenvalue weighted by Crippen LogP contribution is 2.32. The number of halogens is 1. The predicted octanol–water partition coefficient (Wildman–Crippen LogP) is 3.84. The van der Waals surface area contributed by atoms with Crippen molar-refractivity contribution in [2.24, 2.45) is 0 Å². The Balaban J connectivity index is 1.85. The molecule has 0 aliphatic rings. The Morgan fingerprint density at radius 3 is 2.53 bits per heavy atom. The third kappa shape index (κ3) is 4.92. The number of aliphatic hydroxyl groups is 1. The van der Waals surface area contributed by atoms with Gasteiger partial charge < -0.3 is 15.3 Å².